The number of hydrogen-bond acceptors (Lipinski definition) is 5. The molecule has 0 spiro atoms. The van der Waals surface area contributed by atoms with Crippen LogP contribution in [0.3, 0.4) is 0 Å². The van der Waals surface area contributed by atoms with Crippen molar-refractivity contribution < 1.29 is 14.4 Å². The number of nitro benzene ring substituents is 1. The van der Waals surface area contributed by atoms with Crippen LogP contribution < -0.4 is 10.1 Å². The Balaban J connectivity index is 2.22. The second-order valence-corrected chi connectivity index (χ2v) is 4.40. The summed E-state index contributed by atoms with van der Waals surface area (Å²) in [6.07, 6.45) is 1.92. The molecule has 1 saturated heterocycles. The van der Waals surface area contributed by atoms with Gasteiger partial charge in [-0.25, -0.2) is 0 Å². The zero-order valence-electron chi connectivity index (χ0n) is 10.9. The second kappa shape index (κ2) is 6.38. The lowest BCUT2D eigenvalue weighted by Crippen LogP contribution is -2.30. The fraction of sp³-hybridized carbons (Fsp3) is 0.538. The van der Waals surface area contributed by atoms with Gasteiger partial charge in [0.05, 0.1) is 18.1 Å². The van der Waals surface area contributed by atoms with Crippen molar-refractivity contribution in [2.45, 2.75) is 25.8 Å². The van der Waals surface area contributed by atoms with Crippen LogP contribution in [0.4, 0.5) is 11.4 Å². The predicted octanol–water partition coefficient (Wildman–Crippen LogP) is 2.58. The molecule has 1 aliphatic rings. The molecule has 1 fully saturated rings. The fourth-order valence-electron chi connectivity index (χ4n) is 2.17. The molecule has 1 aliphatic heterocycles. The number of benzene rings is 1. The Morgan fingerprint density at radius 1 is 1.58 bits per heavy atom. The van der Waals surface area contributed by atoms with Gasteiger partial charge in [-0.1, -0.05) is 6.07 Å². The monoisotopic (exact) mass is 266 g/mol. The van der Waals surface area contributed by atoms with Gasteiger partial charge in [0.1, 0.15) is 5.69 Å². The number of nitrogens with zero attached hydrogens (tertiary/aromatic N) is 1. The highest BCUT2D eigenvalue weighted by atomic mass is 16.6. The maximum atomic E-state index is 11.2. The Labute approximate surface area is 111 Å². The van der Waals surface area contributed by atoms with Crippen LogP contribution in [0.2, 0.25) is 0 Å². The van der Waals surface area contributed by atoms with Gasteiger partial charge in [-0.3, -0.25) is 10.1 Å². The maximum Gasteiger partial charge on any atom is 0.333 e. The van der Waals surface area contributed by atoms with E-state index in [1.165, 1.54) is 0 Å². The summed E-state index contributed by atoms with van der Waals surface area (Å²) in [7, 11) is 0. The summed E-state index contributed by atoms with van der Waals surface area (Å²) in [6.45, 7) is 3.55. The van der Waals surface area contributed by atoms with Gasteiger partial charge < -0.3 is 14.8 Å². The van der Waals surface area contributed by atoms with E-state index in [4.69, 9.17) is 9.47 Å². The highest BCUT2D eigenvalue weighted by molar-refractivity contribution is 5.68. The molecule has 1 aromatic carbocycles. The fourth-order valence-corrected chi connectivity index (χ4v) is 2.17. The molecule has 0 bridgehead atoms. The first-order valence-electron chi connectivity index (χ1n) is 6.47. The van der Waals surface area contributed by atoms with Gasteiger partial charge in [0.25, 0.3) is 0 Å². The van der Waals surface area contributed by atoms with Crippen molar-refractivity contribution in [2.75, 3.05) is 25.1 Å². The molecule has 19 heavy (non-hydrogen) atoms. The summed E-state index contributed by atoms with van der Waals surface area (Å²) < 4.78 is 10.7. The van der Waals surface area contributed by atoms with E-state index in [0.717, 1.165) is 19.4 Å². The van der Waals surface area contributed by atoms with Gasteiger partial charge in [-0.05, 0) is 31.9 Å². The van der Waals surface area contributed by atoms with E-state index >= 15 is 0 Å². The molecule has 2 rings (SSSR count). The average Bonchev–Trinajstić information content (AvgIpc) is 2.40. The minimum Gasteiger partial charge on any atom is -0.487 e. The third-order valence-electron chi connectivity index (χ3n) is 3.00. The van der Waals surface area contributed by atoms with Crippen molar-refractivity contribution >= 4 is 11.4 Å². The SMILES string of the molecule is CCOc1cccc(NC2CCCOC2)c1[N+](=O)[O-]. The molecule has 1 unspecified atom stereocenters. The Morgan fingerprint density at radius 3 is 3.05 bits per heavy atom. The largest absolute Gasteiger partial charge is 0.487 e. The molecule has 0 aliphatic carbocycles. The van der Waals surface area contributed by atoms with E-state index < -0.39 is 4.92 Å². The first-order chi connectivity index (χ1) is 9.22. The van der Waals surface area contributed by atoms with E-state index in [1.54, 1.807) is 25.1 Å². The summed E-state index contributed by atoms with van der Waals surface area (Å²) in [5, 5.41) is 14.4. The van der Waals surface area contributed by atoms with Gasteiger partial charge in [0.15, 0.2) is 5.75 Å². The lowest BCUT2D eigenvalue weighted by atomic mass is 10.1. The van der Waals surface area contributed by atoms with Crippen LogP contribution in [-0.4, -0.2) is 30.8 Å². The smallest absolute Gasteiger partial charge is 0.333 e. The van der Waals surface area contributed by atoms with Crippen molar-refractivity contribution in [2.24, 2.45) is 0 Å². The molecule has 1 atom stereocenters. The Hall–Kier alpha value is -1.82. The average molecular weight is 266 g/mol. The first kappa shape index (κ1) is 13.6. The van der Waals surface area contributed by atoms with Crippen LogP contribution in [0, 0.1) is 10.1 Å². The third-order valence-corrected chi connectivity index (χ3v) is 3.00. The molecule has 1 N–H and O–H groups in total. The van der Waals surface area contributed by atoms with Gasteiger partial charge in [-0.2, -0.15) is 0 Å². The van der Waals surface area contributed by atoms with Crippen molar-refractivity contribution in [1.29, 1.82) is 0 Å². The Morgan fingerprint density at radius 2 is 2.42 bits per heavy atom. The zero-order valence-corrected chi connectivity index (χ0v) is 10.9. The maximum absolute atomic E-state index is 11.2. The molecule has 0 radical (unpaired) electrons. The number of rotatable bonds is 5. The van der Waals surface area contributed by atoms with Crippen LogP contribution >= 0.6 is 0 Å². The predicted molar refractivity (Wildman–Crippen MR) is 71.7 cm³/mol. The lowest BCUT2D eigenvalue weighted by Gasteiger charge is -2.24. The molecule has 6 heteroatoms. The minimum absolute atomic E-state index is 0.00470. The van der Waals surface area contributed by atoms with Gasteiger partial charge in [0, 0.05) is 12.6 Å². The number of ether oxygens (including phenoxy) is 2. The molecular weight excluding hydrogens is 248 g/mol. The molecule has 0 amide bonds. The molecule has 1 heterocycles. The van der Waals surface area contributed by atoms with Gasteiger partial charge >= 0.3 is 5.69 Å². The number of nitrogens with one attached hydrogen (secondary N) is 1. The van der Waals surface area contributed by atoms with Crippen LogP contribution in [0.1, 0.15) is 19.8 Å². The van der Waals surface area contributed by atoms with E-state index in [2.05, 4.69) is 5.32 Å². The molecular formula is C13H18N2O4. The number of para-hydroxylation sites is 1. The van der Waals surface area contributed by atoms with E-state index in [-0.39, 0.29) is 11.7 Å². The zero-order chi connectivity index (χ0) is 13.7. The van der Waals surface area contributed by atoms with E-state index in [9.17, 15) is 10.1 Å². The van der Waals surface area contributed by atoms with Crippen LogP contribution in [0.5, 0.6) is 5.75 Å². The topological polar surface area (TPSA) is 73.6 Å². The quantitative estimate of drug-likeness (QED) is 0.655. The number of hydrogen-bond donors (Lipinski definition) is 1. The normalized spacial score (nSPS) is 18.9. The summed E-state index contributed by atoms with van der Waals surface area (Å²) in [4.78, 5) is 10.8. The van der Waals surface area contributed by atoms with Crippen LogP contribution in [0.25, 0.3) is 0 Å². The molecule has 6 nitrogen and oxygen atoms in total. The lowest BCUT2D eigenvalue weighted by molar-refractivity contribution is -0.385. The highest BCUT2D eigenvalue weighted by Gasteiger charge is 2.23. The van der Waals surface area contributed by atoms with Gasteiger partial charge in [-0.15, -0.1) is 0 Å². The summed E-state index contributed by atoms with van der Waals surface area (Å²) in [5.74, 6) is 0.300. The van der Waals surface area contributed by atoms with Crippen LogP contribution in [0.15, 0.2) is 18.2 Å². The van der Waals surface area contributed by atoms with E-state index in [1.807, 2.05) is 0 Å². The number of anilines is 1. The molecule has 1 aromatic rings. The Bertz CT molecular complexity index is 444. The third kappa shape index (κ3) is 3.35. The number of nitro groups is 1. The van der Waals surface area contributed by atoms with Crippen molar-refractivity contribution in [3.63, 3.8) is 0 Å². The summed E-state index contributed by atoms with van der Waals surface area (Å²) >= 11 is 0. The molecule has 104 valence electrons. The van der Waals surface area contributed by atoms with Gasteiger partial charge in [0.2, 0.25) is 0 Å². The van der Waals surface area contributed by atoms with Crippen molar-refractivity contribution in [1.82, 2.24) is 0 Å². The molecule has 0 saturated carbocycles. The Kier molecular flexibility index (Phi) is 4.57. The summed E-state index contributed by atoms with van der Waals surface area (Å²) in [5.41, 5.74) is 0.487. The van der Waals surface area contributed by atoms with Crippen molar-refractivity contribution in [3.8, 4) is 5.75 Å². The van der Waals surface area contributed by atoms with Crippen LogP contribution in [-0.2, 0) is 4.74 Å². The first-order valence-corrected chi connectivity index (χ1v) is 6.47. The second-order valence-electron chi connectivity index (χ2n) is 4.40. The molecule has 0 aromatic heterocycles. The van der Waals surface area contributed by atoms with E-state index in [0.29, 0.717) is 24.7 Å². The van der Waals surface area contributed by atoms with Crippen molar-refractivity contribution in [3.05, 3.63) is 28.3 Å². The highest BCUT2D eigenvalue weighted by Crippen LogP contribution is 2.35. The minimum atomic E-state index is -0.406. The standard InChI is InChI=1S/C13H18N2O4/c1-2-19-12-7-3-6-11(13(12)15(16)17)14-10-5-4-8-18-9-10/h3,6-7,10,14H,2,4-5,8-9H2,1H3. The summed E-state index contributed by atoms with van der Waals surface area (Å²) in [6, 6.07) is 5.19.